The average Bonchev–Trinajstić information content (AvgIpc) is 2.15. The molecule has 0 aliphatic carbocycles. The van der Waals surface area contributed by atoms with Gasteiger partial charge in [0.15, 0.2) is 5.69 Å². The summed E-state index contributed by atoms with van der Waals surface area (Å²) in [6.45, 7) is 3.77. The van der Waals surface area contributed by atoms with Gasteiger partial charge in [-0.05, 0) is 6.07 Å². The SMILES string of the molecule is C=CCOc1ccc(C(=O)O)nn1. The van der Waals surface area contributed by atoms with Crippen LogP contribution >= 0.6 is 0 Å². The van der Waals surface area contributed by atoms with Crippen LogP contribution in [0.15, 0.2) is 24.8 Å². The Kier molecular flexibility index (Phi) is 2.97. The molecule has 0 aliphatic rings. The van der Waals surface area contributed by atoms with Crippen LogP contribution in [0.1, 0.15) is 10.5 Å². The Morgan fingerprint density at radius 3 is 2.85 bits per heavy atom. The van der Waals surface area contributed by atoms with Gasteiger partial charge in [0.1, 0.15) is 6.61 Å². The highest BCUT2D eigenvalue weighted by atomic mass is 16.5. The van der Waals surface area contributed by atoms with Crippen LogP contribution in [0.25, 0.3) is 0 Å². The molecule has 13 heavy (non-hydrogen) atoms. The van der Waals surface area contributed by atoms with E-state index in [1.165, 1.54) is 12.1 Å². The van der Waals surface area contributed by atoms with Gasteiger partial charge in [0.2, 0.25) is 5.88 Å². The van der Waals surface area contributed by atoms with Crippen molar-refractivity contribution in [3.8, 4) is 5.88 Å². The van der Waals surface area contributed by atoms with Gasteiger partial charge in [-0.1, -0.05) is 12.7 Å². The molecular weight excluding hydrogens is 172 g/mol. The molecular formula is C8H8N2O3. The lowest BCUT2D eigenvalue weighted by molar-refractivity contribution is 0.0689. The number of hydrogen-bond donors (Lipinski definition) is 1. The fourth-order valence-corrected chi connectivity index (χ4v) is 0.655. The van der Waals surface area contributed by atoms with Gasteiger partial charge in [-0.15, -0.1) is 10.2 Å². The summed E-state index contributed by atoms with van der Waals surface area (Å²) in [6, 6.07) is 2.77. The fraction of sp³-hybridized carbons (Fsp3) is 0.125. The molecule has 0 radical (unpaired) electrons. The summed E-state index contributed by atoms with van der Waals surface area (Å²) in [6.07, 6.45) is 1.56. The molecule has 1 aromatic heterocycles. The molecule has 0 bridgehead atoms. The Morgan fingerprint density at radius 2 is 2.38 bits per heavy atom. The summed E-state index contributed by atoms with van der Waals surface area (Å²) in [5.74, 6) is -0.826. The predicted octanol–water partition coefficient (Wildman–Crippen LogP) is 0.740. The summed E-state index contributed by atoms with van der Waals surface area (Å²) in [5.41, 5.74) is -0.106. The zero-order chi connectivity index (χ0) is 9.68. The number of ether oxygens (including phenoxy) is 1. The summed E-state index contributed by atoms with van der Waals surface area (Å²) in [7, 11) is 0. The first-order valence-electron chi connectivity index (χ1n) is 3.54. The van der Waals surface area contributed by atoms with E-state index in [9.17, 15) is 4.79 Å². The van der Waals surface area contributed by atoms with Crippen molar-refractivity contribution in [2.75, 3.05) is 6.61 Å². The standard InChI is InChI=1S/C8H8N2O3/c1-2-5-13-7-4-3-6(8(11)12)9-10-7/h2-4H,1,5H2,(H,11,12). The summed E-state index contributed by atoms with van der Waals surface area (Å²) < 4.78 is 5.01. The quantitative estimate of drug-likeness (QED) is 0.692. The lowest BCUT2D eigenvalue weighted by Crippen LogP contribution is -2.03. The topological polar surface area (TPSA) is 72.3 Å². The summed E-state index contributed by atoms with van der Waals surface area (Å²) in [5, 5.41) is 15.5. The van der Waals surface area contributed by atoms with Gasteiger partial charge in [-0.2, -0.15) is 0 Å². The van der Waals surface area contributed by atoms with Crippen LogP contribution in [0.3, 0.4) is 0 Å². The predicted molar refractivity (Wildman–Crippen MR) is 44.7 cm³/mol. The van der Waals surface area contributed by atoms with E-state index in [4.69, 9.17) is 9.84 Å². The van der Waals surface area contributed by atoms with E-state index in [0.717, 1.165) is 0 Å². The molecule has 0 aromatic carbocycles. The first kappa shape index (κ1) is 9.18. The maximum atomic E-state index is 10.4. The molecule has 0 spiro atoms. The molecule has 1 aromatic rings. The molecule has 0 amide bonds. The van der Waals surface area contributed by atoms with E-state index in [2.05, 4.69) is 16.8 Å². The summed E-state index contributed by atoms with van der Waals surface area (Å²) >= 11 is 0. The highest BCUT2D eigenvalue weighted by Crippen LogP contribution is 2.04. The van der Waals surface area contributed by atoms with Crippen molar-refractivity contribution in [2.24, 2.45) is 0 Å². The maximum absolute atomic E-state index is 10.4. The van der Waals surface area contributed by atoms with Crippen molar-refractivity contribution < 1.29 is 14.6 Å². The van der Waals surface area contributed by atoms with Crippen molar-refractivity contribution in [3.05, 3.63) is 30.5 Å². The van der Waals surface area contributed by atoms with Crippen molar-refractivity contribution in [1.29, 1.82) is 0 Å². The monoisotopic (exact) mass is 180 g/mol. The second kappa shape index (κ2) is 4.20. The highest BCUT2D eigenvalue weighted by Gasteiger charge is 2.04. The third kappa shape index (κ3) is 2.55. The van der Waals surface area contributed by atoms with E-state index < -0.39 is 5.97 Å². The Hall–Kier alpha value is -1.91. The van der Waals surface area contributed by atoms with Crippen LogP contribution in [0.5, 0.6) is 5.88 Å². The molecule has 0 saturated carbocycles. The number of aromatic carboxylic acids is 1. The normalized spacial score (nSPS) is 9.23. The van der Waals surface area contributed by atoms with Gasteiger partial charge < -0.3 is 9.84 Å². The molecule has 5 nitrogen and oxygen atoms in total. The van der Waals surface area contributed by atoms with E-state index in [0.29, 0.717) is 6.61 Å². The lowest BCUT2D eigenvalue weighted by atomic mass is 10.4. The Labute approximate surface area is 74.7 Å². The van der Waals surface area contributed by atoms with E-state index in [1.54, 1.807) is 6.08 Å². The van der Waals surface area contributed by atoms with Gasteiger partial charge in [-0.25, -0.2) is 4.79 Å². The van der Waals surface area contributed by atoms with Crippen LogP contribution in [-0.2, 0) is 0 Å². The van der Waals surface area contributed by atoms with E-state index in [1.807, 2.05) is 0 Å². The van der Waals surface area contributed by atoms with Gasteiger partial charge in [0, 0.05) is 6.07 Å². The van der Waals surface area contributed by atoms with Crippen LogP contribution < -0.4 is 4.74 Å². The van der Waals surface area contributed by atoms with Crippen LogP contribution in [0, 0.1) is 0 Å². The minimum absolute atomic E-state index is 0.106. The first-order chi connectivity index (χ1) is 6.24. The Balaban J connectivity index is 2.69. The van der Waals surface area contributed by atoms with E-state index in [-0.39, 0.29) is 11.6 Å². The molecule has 0 aliphatic heterocycles. The largest absolute Gasteiger partial charge is 0.476 e. The fourth-order valence-electron chi connectivity index (χ4n) is 0.655. The molecule has 0 saturated heterocycles. The van der Waals surface area contributed by atoms with Crippen LogP contribution in [-0.4, -0.2) is 27.9 Å². The number of hydrogen-bond acceptors (Lipinski definition) is 4. The number of carboxylic acids is 1. The second-order valence-corrected chi connectivity index (χ2v) is 2.16. The first-order valence-corrected chi connectivity index (χ1v) is 3.54. The molecule has 0 fully saturated rings. The lowest BCUT2D eigenvalue weighted by Gasteiger charge is -1.99. The number of nitrogens with zero attached hydrogens (tertiary/aromatic N) is 2. The summed E-state index contributed by atoms with van der Waals surface area (Å²) in [4.78, 5) is 10.4. The van der Waals surface area contributed by atoms with Crippen LogP contribution in [0.2, 0.25) is 0 Å². The zero-order valence-corrected chi connectivity index (χ0v) is 6.80. The van der Waals surface area contributed by atoms with Crippen molar-refractivity contribution in [3.63, 3.8) is 0 Å². The van der Waals surface area contributed by atoms with Crippen molar-refractivity contribution >= 4 is 5.97 Å². The number of carbonyl (C=O) groups is 1. The third-order valence-corrected chi connectivity index (χ3v) is 1.21. The third-order valence-electron chi connectivity index (χ3n) is 1.21. The van der Waals surface area contributed by atoms with Crippen molar-refractivity contribution in [2.45, 2.75) is 0 Å². The van der Waals surface area contributed by atoms with E-state index >= 15 is 0 Å². The van der Waals surface area contributed by atoms with Gasteiger partial charge in [-0.3, -0.25) is 0 Å². The minimum atomic E-state index is -1.11. The number of rotatable bonds is 4. The number of aromatic nitrogens is 2. The maximum Gasteiger partial charge on any atom is 0.356 e. The van der Waals surface area contributed by atoms with Crippen molar-refractivity contribution in [1.82, 2.24) is 10.2 Å². The highest BCUT2D eigenvalue weighted by molar-refractivity contribution is 5.84. The molecule has 1 rings (SSSR count). The second-order valence-electron chi connectivity index (χ2n) is 2.16. The molecule has 1 N–H and O–H groups in total. The molecule has 68 valence electrons. The molecule has 0 atom stereocenters. The zero-order valence-electron chi connectivity index (χ0n) is 6.80. The minimum Gasteiger partial charge on any atom is -0.476 e. The number of carboxylic acid groups (broad SMARTS) is 1. The Bertz CT molecular complexity index is 308. The molecule has 0 unspecified atom stereocenters. The molecule has 1 heterocycles. The Morgan fingerprint density at radius 1 is 1.62 bits per heavy atom. The molecule has 5 heteroatoms. The smallest absolute Gasteiger partial charge is 0.356 e. The average molecular weight is 180 g/mol. The van der Waals surface area contributed by atoms with Gasteiger partial charge >= 0.3 is 5.97 Å². The van der Waals surface area contributed by atoms with Crippen LogP contribution in [0.4, 0.5) is 0 Å². The van der Waals surface area contributed by atoms with Gasteiger partial charge in [0.05, 0.1) is 0 Å². The van der Waals surface area contributed by atoms with Gasteiger partial charge in [0.25, 0.3) is 0 Å².